The van der Waals surface area contributed by atoms with E-state index >= 15 is 0 Å². The second kappa shape index (κ2) is 4.28. The third-order valence-electron chi connectivity index (χ3n) is 3.59. The van der Waals surface area contributed by atoms with Crippen LogP contribution < -0.4 is 5.32 Å². The van der Waals surface area contributed by atoms with E-state index in [1.165, 1.54) is 5.57 Å². The van der Waals surface area contributed by atoms with Gasteiger partial charge in [0.05, 0.1) is 5.92 Å². The maximum atomic E-state index is 11.8. The lowest BCUT2D eigenvalue weighted by molar-refractivity contribution is -0.146. The average molecular weight is 223 g/mol. The van der Waals surface area contributed by atoms with Gasteiger partial charge in [0.15, 0.2) is 0 Å². The number of aliphatic carboxylic acids is 1. The van der Waals surface area contributed by atoms with Gasteiger partial charge in [0.25, 0.3) is 0 Å². The van der Waals surface area contributed by atoms with Gasteiger partial charge in [0.1, 0.15) is 0 Å². The Bertz CT molecular complexity index is 353. The smallest absolute Gasteiger partial charge is 0.306 e. The highest BCUT2D eigenvalue weighted by molar-refractivity contribution is 5.95. The van der Waals surface area contributed by atoms with Gasteiger partial charge in [0.2, 0.25) is 5.91 Å². The van der Waals surface area contributed by atoms with Crippen LogP contribution in [0.15, 0.2) is 11.1 Å². The van der Waals surface area contributed by atoms with Crippen LogP contribution in [0.2, 0.25) is 0 Å². The molecule has 0 aliphatic heterocycles. The second-order valence-electron chi connectivity index (χ2n) is 4.79. The number of carbonyl (C=O) groups excluding carboxylic acids is 1. The van der Waals surface area contributed by atoms with Crippen molar-refractivity contribution in [3.63, 3.8) is 0 Å². The Hall–Kier alpha value is -1.32. The first kappa shape index (κ1) is 11.2. The molecule has 2 N–H and O–H groups in total. The number of nitrogens with one attached hydrogen (secondary N) is 1. The van der Waals surface area contributed by atoms with Crippen molar-refractivity contribution in [3.8, 4) is 0 Å². The molecule has 4 heteroatoms. The van der Waals surface area contributed by atoms with E-state index in [2.05, 4.69) is 5.32 Å². The Labute approximate surface area is 94.7 Å². The van der Waals surface area contributed by atoms with Crippen molar-refractivity contribution in [3.05, 3.63) is 11.1 Å². The van der Waals surface area contributed by atoms with Gasteiger partial charge in [-0.15, -0.1) is 0 Å². The lowest BCUT2D eigenvalue weighted by Crippen LogP contribution is -2.47. The molecular formula is C12H17NO3. The maximum Gasteiger partial charge on any atom is 0.306 e. The van der Waals surface area contributed by atoms with E-state index in [0.717, 1.165) is 24.8 Å². The van der Waals surface area contributed by atoms with E-state index in [9.17, 15) is 9.59 Å². The van der Waals surface area contributed by atoms with Crippen LogP contribution in [0.25, 0.3) is 0 Å². The molecule has 1 amide bonds. The zero-order valence-electron chi connectivity index (χ0n) is 9.45. The number of carbonyl (C=O) groups is 2. The Morgan fingerprint density at radius 1 is 1.31 bits per heavy atom. The number of carboxylic acid groups (broad SMARTS) is 1. The summed E-state index contributed by atoms with van der Waals surface area (Å²) in [7, 11) is 0. The monoisotopic (exact) mass is 223 g/mol. The minimum Gasteiger partial charge on any atom is -0.481 e. The molecule has 0 saturated heterocycles. The van der Waals surface area contributed by atoms with Gasteiger partial charge < -0.3 is 10.4 Å². The zero-order valence-corrected chi connectivity index (χ0v) is 9.45. The standard InChI is InChI=1S/C12H17NO3/c1-7-3-2-4-10(7)11(14)13-9-5-8(6-9)12(15)16/h8-9H,2-6H2,1H3,(H,13,14)(H,15,16). The molecule has 1 saturated carbocycles. The summed E-state index contributed by atoms with van der Waals surface area (Å²) in [5.74, 6) is -0.991. The van der Waals surface area contributed by atoms with Gasteiger partial charge in [-0.1, -0.05) is 5.57 Å². The van der Waals surface area contributed by atoms with E-state index in [0.29, 0.717) is 12.8 Å². The summed E-state index contributed by atoms with van der Waals surface area (Å²) in [5, 5.41) is 11.6. The number of carboxylic acids is 1. The molecule has 0 bridgehead atoms. The number of hydrogen-bond acceptors (Lipinski definition) is 2. The fourth-order valence-electron chi connectivity index (χ4n) is 2.41. The molecule has 0 heterocycles. The Morgan fingerprint density at radius 3 is 2.50 bits per heavy atom. The molecule has 0 aromatic heterocycles. The predicted molar refractivity (Wildman–Crippen MR) is 58.8 cm³/mol. The zero-order chi connectivity index (χ0) is 11.7. The molecule has 0 radical (unpaired) electrons. The van der Waals surface area contributed by atoms with E-state index in [4.69, 9.17) is 5.11 Å². The van der Waals surface area contributed by atoms with Gasteiger partial charge in [0, 0.05) is 11.6 Å². The minimum absolute atomic E-state index is 0.0174. The Morgan fingerprint density at radius 2 is 2.00 bits per heavy atom. The van der Waals surface area contributed by atoms with Crippen LogP contribution in [0.5, 0.6) is 0 Å². The topological polar surface area (TPSA) is 66.4 Å². The SMILES string of the molecule is CC1=C(C(=O)NC2CC(C(=O)O)C2)CCC1. The molecule has 2 rings (SSSR count). The fraction of sp³-hybridized carbons (Fsp3) is 0.667. The molecule has 1 fully saturated rings. The number of rotatable bonds is 3. The quantitative estimate of drug-likeness (QED) is 0.761. The fourth-order valence-corrected chi connectivity index (χ4v) is 2.41. The molecule has 4 nitrogen and oxygen atoms in total. The van der Waals surface area contributed by atoms with E-state index < -0.39 is 5.97 Å². The lowest BCUT2D eigenvalue weighted by Gasteiger charge is -2.33. The summed E-state index contributed by atoms with van der Waals surface area (Å²) >= 11 is 0. The Kier molecular flexibility index (Phi) is 2.99. The molecular weight excluding hydrogens is 206 g/mol. The van der Waals surface area contributed by atoms with Gasteiger partial charge in [-0.3, -0.25) is 9.59 Å². The summed E-state index contributed by atoms with van der Waals surface area (Å²) in [6.45, 7) is 2.00. The van der Waals surface area contributed by atoms with Gasteiger partial charge in [-0.05, 0) is 39.0 Å². The molecule has 0 spiro atoms. The summed E-state index contributed by atoms with van der Waals surface area (Å²) in [6.07, 6.45) is 4.11. The molecule has 0 aromatic rings. The highest BCUT2D eigenvalue weighted by atomic mass is 16.4. The van der Waals surface area contributed by atoms with E-state index in [1.807, 2.05) is 6.92 Å². The molecule has 0 atom stereocenters. The molecule has 16 heavy (non-hydrogen) atoms. The van der Waals surface area contributed by atoms with Crippen molar-refractivity contribution < 1.29 is 14.7 Å². The van der Waals surface area contributed by atoms with Crippen LogP contribution in [-0.4, -0.2) is 23.0 Å². The van der Waals surface area contributed by atoms with Gasteiger partial charge >= 0.3 is 5.97 Å². The van der Waals surface area contributed by atoms with Crippen molar-refractivity contribution in [2.45, 2.75) is 45.1 Å². The van der Waals surface area contributed by atoms with Crippen molar-refractivity contribution in [2.75, 3.05) is 0 Å². The normalized spacial score (nSPS) is 28.8. The van der Waals surface area contributed by atoms with Gasteiger partial charge in [-0.2, -0.15) is 0 Å². The summed E-state index contributed by atoms with van der Waals surface area (Å²) in [4.78, 5) is 22.4. The van der Waals surface area contributed by atoms with Crippen LogP contribution in [0.1, 0.15) is 39.0 Å². The maximum absolute atomic E-state index is 11.8. The first-order valence-electron chi connectivity index (χ1n) is 5.80. The number of hydrogen-bond donors (Lipinski definition) is 2. The van der Waals surface area contributed by atoms with Crippen molar-refractivity contribution >= 4 is 11.9 Å². The molecule has 2 aliphatic carbocycles. The lowest BCUT2D eigenvalue weighted by atomic mass is 9.80. The Balaban J connectivity index is 1.82. The van der Waals surface area contributed by atoms with Crippen LogP contribution in [-0.2, 0) is 9.59 Å². The van der Waals surface area contributed by atoms with Crippen LogP contribution in [0.4, 0.5) is 0 Å². The molecule has 0 unspecified atom stereocenters. The summed E-state index contributed by atoms with van der Waals surface area (Å²) in [6, 6.07) is 0.0644. The number of amides is 1. The predicted octanol–water partition coefficient (Wildman–Crippen LogP) is 1.47. The highest BCUT2D eigenvalue weighted by Gasteiger charge is 2.35. The van der Waals surface area contributed by atoms with E-state index in [-0.39, 0.29) is 17.9 Å². The molecule has 2 aliphatic rings. The molecule has 0 aromatic carbocycles. The average Bonchev–Trinajstić information content (AvgIpc) is 2.56. The van der Waals surface area contributed by atoms with Gasteiger partial charge in [-0.25, -0.2) is 0 Å². The first-order valence-corrected chi connectivity index (χ1v) is 5.80. The van der Waals surface area contributed by atoms with Crippen LogP contribution >= 0.6 is 0 Å². The highest BCUT2D eigenvalue weighted by Crippen LogP contribution is 2.29. The largest absolute Gasteiger partial charge is 0.481 e. The van der Waals surface area contributed by atoms with Crippen LogP contribution in [0, 0.1) is 5.92 Å². The number of allylic oxidation sites excluding steroid dienone is 1. The first-order chi connectivity index (χ1) is 7.58. The minimum atomic E-state index is -0.748. The second-order valence-corrected chi connectivity index (χ2v) is 4.79. The van der Waals surface area contributed by atoms with E-state index in [1.54, 1.807) is 0 Å². The summed E-state index contributed by atoms with van der Waals surface area (Å²) in [5.41, 5.74) is 2.10. The molecule has 88 valence electrons. The van der Waals surface area contributed by atoms with Crippen molar-refractivity contribution in [1.82, 2.24) is 5.32 Å². The van der Waals surface area contributed by atoms with Crippen molar-refractivity contribution in [2.24, 2.45) is 5.92 Å². The van der Waals surface area contributed by atoms with Crippen LogP contribution in [0.3, 0.4) is 0 Å². The van der Waals surface area contributed by atoms with Crippen molar-refractivity contribution in [1.29, 1.82) is 0 Å². The third-order valence-corrected chi connectivity index (χ3v) is 3.59. The summed E-state index contributed by atoms with van der Waals surface area (Å²) < 4.78 is 0. The third kappa shape index (κ3) is 2.10.